The molecule has 2 atom stereocenters. The standard InChI is InChI=1S/C19H22F2N4O3S/c1-13-4-3-5-14(8-13)11-28-17-9-19(12-22,18(20)21)24-25(17)16-7-6-15(10-23-16)29(2,26)27/h6-7,9-10,14,18,24H,1,3-5,8,11H2,2H3. The maximum atomic E-state index is 13.6. The largest absolute Gasteiger partial charge is 0.478 e. The van der Waals surface area contributed by atoms with Gasteiger partial charge in [-0.3, -0.25) is 0 Å². The van der Waals surface area contributed by atoms with Crippen molar-refractivity contribution < 1.29 is 21.9 Å². The topological polar surface area (TPSA) is 95.3 Å². The number of alkyl halides is 2. The number of hydrogen-bond donors (Lipinski definition) is 1. The average Bonchev–Trinajstić information content (AvgIpc) is 3.06. The van der Waals surface area contributed by atoms with E-state index in [1.54, 1.807) is 6.07 Å². The first-order valence-corrected chi connectivity index (χ1v) is 11.0. The lowest BCUT2D eigenvalue weighted by atomic mass is 9.87. The van der Waals surface area contributed by atoms with E-state index in [1.165, 1.54) is 12.1 Å². The lowest BCUT2D eigenvalue weighted by Gasteiger charge is -2.27. The Balaban J connectivity index is 1.85. The summed E-state index contributed by atoms with van der Waals surface area (Å²) in [6.07, 6.45) is 3.93. The minimum absolute atomic E-state index is 0.00646. The Kier molecular flexibility index (Phi) is 5.91. The number of anilines is 1. The van der Waals surface area contributed by atoms with Gasteiger partial charge in [0, 0.05) is 18.5 Å². The monoisotopic (exact) mass is 424 g/mol. The summed E-state index contributed by atoms with van der Waals surface area (Å²) in [6.45, 7) is 4.29. The van der Waals surface area contributed by atoms with Gasteiger partial charge >= 0.3 is 0 Å². The zero-order valence-electron chi connectivity index (χ0n) is 15.9. The maximum Gasteiger partial charge on any atom is 0.275 e. The number of nitriles is 1. The van der Waals surface area contributed by atoms with E-state index < -0.39 is 21.8 Å². The first-order chi connectivity index (χ1) is 13.6. The van der Waals surface area contributed by atoms with Crippen LogP contribution in [0.3, 0.4) is 0 Å². The molecule has 1 fully saturated rings. The van der Waals surface area contributed by atoms with Crippen molar-refractivity contribution in [1.82, 2.24) is 10.4 Å². The predicted molar refractivity (Wildman–Crippen MR) is 102 cm³/mol. The van der Waals surface area contributed by atoms with E-state index in [2.05, 4.69) is 17.0 Å². The molecule has 10 heteroatoms. The highest BCUT2D eigenvalue weighted by atomic mass is 32.2. The Bertz CT molecular complexity index is 957. The van der Waals surface area contributed by atoms with Crippen LogP contribution < -0.4 is 10.4 Å². The molecule has 1 aliphatic carbocycles. The lowest BCUT2D eigenvalue weighted by molar-refractivity contribution is 0.0901. The number of hydrazine groups is 1. The molecule has 0 radical (unpaired) electrons. The van der Waals surface area contributed by atoms with Crippen molar-refractivity contribution in [2.45, 2.75) is 42.5 Å². The van der Waals surface area contributed by atoms with Gasteiger partial charge in [0.05, 0.1) is 17.6 Å². The maximum absolute atomic E-state index is 13.6. The summed E-state index contributed by atoms with van der Waals surface area (Å²) in [5, 5.41) is 10.5. The fourth-order valence-corrected chi connectivity index (χ4v) is 3.91. The third kappa shape index (κ3) is 4.57. The van der Waals surface area contributed by atoms with E-state index in [4.69, 9.17) is 4.74 Å². The summed E-state index contributed by atoms with van der Waals surface area (Å²) >= 11 is 0. The molecule has 2 heterocycles. The summed E-state index contributed by atoms with van der Waals surface area (Å²) in [6, 6.07) is 4.27. The molecular formula is C19H22F2N4O3S. The number of nitrogens with one attached hydrogen (secondary N) is 1. The summed E-state index contributed by atoms with van der Waals surface area (Å²) in [7, 11) is -3.46. The first-order valence-electron chi connectivity index (χ1n) is 9.10. The molecule has 3 rings (SSSR count). The van der Waals surface area contributed by atoms with Crippen LogP contribution in [0.15, 0.2) is 47.3 Å². The van der Waals surface area contributed by atoms with Crippen molar-refractivity contribution in [2.75, 3.05) is 17.9 Å². The van der Waals surface area contributed by atoms with Crippen molar-refractivity contribution in [3.8, 4) is 6.07 Å². The van der Waals surface area contributed by atoms with E-state index in [0.29, 0.717) is 0 Å². The zero-order valence-corrected chi connectivity index (χ0v) is 16.8. The Labute approximate surface area is 168 Å². The summed E-state index contributed by atoms with van der Waals surface area (Å²) in [4.78, 5) is 4.03. The van der Waals surface area contributed by atoms with Gasteiger partial charge in [-0.05, 0) is 43.7 Å². The quantitative estimate of drug-likeness (QED) is 0.702. The van der Waals surface area contributed by atoms with E-state index in [1.807, 2.05) is 0 Å². The zero-order chi connectivity index (χ0) is 21.2. The average molecular weight is 424 g/mol. The van der Waals surface area contributed by atoms with Crippen molar-refractivity contribution >= 4 is 15.7 Å². The van der Waals surface area contributed by atoms with E-state index in [9.17, 15) is 22.5 Å². The van der Waals surface area contributed by atoms with Crippen LogP contribution in [0.4, 0.5) is 14.6 Å². The molecule has 1 saturated carbocycles. The van der Waals surface area contributed by atoms with Crippen LogP contribution >= 0.6 is 0 Å². The van der Waals surface area contributed by atoms with E-state index in [-0.39, 0.29) is 29.1 Å². The number of rotatable bonds is 6. The molecule has 0 aromatic carbocycles. The van der Waals surface area contributed by atoms with Crippen molar-refractivity contribution in [3.05, 3.63) is 42.4 Å². The van der Waals surface area contributed by atoms with Crippen LogP contribution in [-0.4, -0.2) is 38.2 Å². The Morgan fingerprint density at radius 2 is 2.28 bits per heavy atom. The molecule has 1 aromatic rings. The van der Waals surface area contributed by atoms with Crippen molar-refractivity contribution in [3.63, 3.8) is 0 Å². The minimum Gasteiger partial charge on any atom is -0.478 e. The van der Waals surface area contributed by atoms with Gasteiger partial charge in [-0.2, -0.15) is 10.7 Å². The van der Waals surface area contributed by atoms with Crippen LogP contribution in [0.2, 0.25) is 0 Å². The van der Waals surface area contributed by atoms with Crippen molar-refractivity contribution in [2.24, 2.45) is 5.92 Å². The molecule has 1 aromatic heterocycles. The number of nitrogens with zero attached hydrogens (tertiary/aromatic N) is 3. The Morgan fingerprint density at radius 1 is 1.52 bits per heavy atom. The van der Waals surface area contributed by atoms with Gasteiger partial charge in [-0.1, -0.05) is 12.2 Å². The van der Waals surface area contributed by atoms with Gasteiger partial charge in [0.2, 0.25) is 11.4 Å². The van der Waals surface area contributed by atoms with Gasteiger partial charge in [0.25, 0.3) is 6.43 Å². The van der Waals surface area contributed by atoms with Gasteiger partial charge in [-0.15, -0.1) is 0 Å². The first kappa shape index (κ1) is 21.2. The minimum atomic E-state index is -3.46. The van der Waals surface area contributed by atoms with Crippen LogP contribution in [0.25, 0.3) is 0 Å². The summed E-state index contributed by atoms with van der Waals surface area (Å²) in [5.41, 5.74) is 1.32. The molecular weight excluding hydrogens is 402 g/mol. The van der Waals surface area contributed by atoms with Crippen molar-refractivity contribution in [1.29, 1.82) is 5.26 Å². The Morgan fingerprint density at radius 3 is 2.83 bits per heavy atom. The van der Waals surface area contributed by atoms with E-state index >= 15 is 0 Å². The lowest BCUT2D eigenvalue weighted by Crippen LogP contribution is -2.51. The molecule has 0 amide bonds. The fourth-order valence-electron chi connectivity index (χ4n) is 3.35. The highest BCUT2D eigenvalue weighted by molar-refractivity contribution is 7.90. The number of halogens is 2. The van der Waals surface area contributed by atoms with Gasteiger partial charge < -0.3 is 4.74 Å². The molecule has 2 unspecified atom stereocenters. The van der Waals surface area contributed by atoms with Crippen LogP contribution in [0.1, 0.15) is 25.7 Å². The number of sulfone groups is 1. The van der Waals surface area contributed by atoms with E-state index in [0.717, 1.165) is 54.8 Å². The van der Waals surface area contributed by atoms with Crippen LogP contribution in [-0.2, 0) is 14.6 Å². The van der Waals surface area contributed by atoms with Gasteiger partial charge in [0.15, 0.2) is 9.84 Å². The molecule has 7 nitrogen and oxygen atoms in total. The number of pyridine rings is 1. The van der Waals surface area contributed by atoms with Crippen LogP contribution in [0, 0.1) is 17.2 Å². The van der Waals surface area contributed by atoms with Gasteiger partial charge in [0.1, 0.15) is 5.82 Å². The molecule has 29 heavy (non-hydrogen) atoms. The molecule has 1 N–H and O–H groups in total. The normalized spacial score (nSPS) is 25.1. The predicted octanol–water partition coefficient (Wildman–Crippen LogP) is 2.94. The number of ether oxygens (including phenoxy) is 1. The second-order valence-corrected chi connectivity index (χ2v) is 9.37. The molecule has 2 aliphatic rings. The number of aromatic nitrogens is 1. The highest BCUT2D eigenvalue weighted by Crippen LogP contribution is 2.33. The molecule has 0 saturated heterocycles. The second-order valence-electron chi connectivity index (χ2n) is 7.36. The van der Waals surface area contributed by atoms with Gasteiger partial charge in [-0.25, -0.2) is 27.2 Å². The number of allylic oxidation sites excluding steroid dienone is 1. The summed E-state index contributed by atoms with van der Waals surface area (Å²) < 4.78 is 56.2. The third-order valence-corrected chi connectivity index (χ3v) is 6.06. The molecule has 0 bridgehead atoms. The SMILES string of the molecule is C=C1CCCC(COC2=CC(C#N)(C(F)F)NN2c2ccc(S(C)(=O)=O)cn2)C1. The molecule has 1 aliphatic heterocycles. The third-order valence-electron chi connectivity index (χ3n) is 4.96. The fraction of sp³-hybridized carbons (Fsp3) is 0.474. The Hall–Kier alpha value is -2.51. The number of hydrogen-bond acceptors (Lipinski definition) is 7. The summed E-state index contributed by atoms with van der Waals surface area (Å²) in [5.74, 6) is 0.375. The highest BCUT2D eigenvalue weighted by Gasteiger charge is 2.47. The second kappa shape index (κ2) is 8.08. The smallest absolute Gasteiger partial charge is 0.275 e. The molecule has 156 valence electrons. The molecule has 0 spiro atoms. The van der Waals surface area contributed by atoms with Crippen LogP contribution in [0.5, 0.6) is 0 Å².